The average Bonchev–Trinajstić information content (AvgIpc) is 2.67. The molecule has 142 valence electrons. The van der Waals surface area contributed by atoms with Crippen molar-refractivity contribution in [2.24, 2.45) is 0 Å². The van der Waals surface area contributed by atoms with Crippen molar-refractivity contribution in [1.82, 2.24) is 0 Å². The van der Waals surface area contributed by atoms with E-state index in [1.165, 1.54) is 0 Å². The Bertz CT molecular complexity index is 477. The van der Waals surface area contributed by atoms with Gasteiger partial charge in [-0.25, -0.2) is 0 Å². The fraction of sp³-hybridized carbons (Fsp3) is 0.650. The van der Waals surface area contributed by atoms with Crippen molar-refractivity contribution in [3.8, 4) is 5.75 Å². The van der Waals surface area contributed by atoms with E-state index in [1.54, 1.807) is 7.11 Å². The predicted octanol–water partition coefficient (Wildman–Crippen LogP) is 4.97. The van der Waals surface area contributed by atoms with Crippen LogP contribution in [0, 0.1) is 0 Å². The molecule has 25 heavy (non-hydrogen) atoms. The van der Waals surface area contributed by atoms with Crippen LogP contribution in [0.5, 0.6) is 5.75 Å². The van der Waals surface area contributed by atoms with Gasteiger partial charge in [0.1, 0.15) is 12.0 Å². The molecule has 0 radical (unpaired) electrons. The van der Waals surface area contributed by atoms with E-state index in [9.17, 15) is 4.79 Å². The molecule has 0 bridgehead atoms. The summed E-state index contributed by atoms with van der Waals surface area (Å²) in [5.74, 6) is 0.841. The molecule has 0 heterocycles. The van der Waals surface area contributed by atoms with Crippen LogP contribution in [0.4, 0.5) is 0 Å². The first-order valence-corrected chi connectivity index (χ1v) is 11.9. The predicted molar refractivity (Wildman–Crippen MR) is 105 cm³/mol. The lowest BCUT2D eigenvalue weighted by molar-refractivity contribution is -0.108. The summed E-state index contributed by atoms with van der Waals surface area (Å²) in [6.45, 7) is 9.25. The van der Waals surface area contributed by atoms with Crippen molar-refractivity contribution in [3.05, 3.63) is 29.8 Å². The number of hydrogen-bond acceptors (Lipinski definition) is 4. The first-order valence-electron chi connectivity index (χ1n) is 9.40. The third kappa shape index (κ3) is 6.92. The van der Waals surface area contributed by atoms with Crippen LogP contribution in [0.25, 0.3) is 0 Å². The molecule has 1 aromatic rings. The van der Waals surface area contributed by atoms with Crippen LogP contribution in [0.3, 0.4) is 0 Å². The van der Waals surface area contributed by atoms with Crippen molar-refractivity contribution in [2.45, 2.75) is 77.5 Å². The van der Waals surface area contributed by atoms with Gasteiger partial charge in [0, 0.05) is 6.42 Å². The van der Waals surface area contributed by atoms with Crippen LogP contribution in [0.15, 0.2) is 24.3 Å². The molecule has 0 aliphatic rings. The van der Waals surface area contributed by atoms with E-state index in [0.717, 1.165) is 42.2 Å². The van der Waals surface area contributed by atoms with Gasteiger partial charge in [0.25, 0.3) is 0 Å². The maximum atomic E-state index is 10.8. The van der Waals surface area contributed by atoms with E-state index in [0.29, 0.717) is 13.0 Å². The van der Waals surface area contributed by atoms with Crippen molar-refractivity contribution in [2.75, 3.05) is 7.11 Å². The Morgan fingerprint density at radius 2 is 1.68 bits per heavy atom. The smallest absolute Gasteiger partial charge is 0.192 e. The summed E-state index contributed by atoms with van der Waals surface area (Å²) < 4.78 is 17.9. The molecule has 1 rings (SSSR count). The number of carbonyl (C=O) groups excluding carboxylic acids is 1. The summed E-state index contributed by atoms with van der Waals surface area (Å²) in [7, 11) is -0.0658. The molecule has 1 aromatic carbocycles. The van der Waals surface area contributed by atoms with Crippen LogP contribution in [0.1, 0.15) is 46.1 Å². The molecule has 0 saturated heterocycles. The highest BCUT2D eigenvalue weighted by Crippen LogP contribution is 2.27. The van der Waals surface area contributed by atoms with Crippen molar-refractivity contribution < 1.29 is 18.7 Å². The molecule has 0 saturated carbocycles. The van der Waals surface area contributed by atoms with Gasteiger partial charge in [-0.05, 0) is 49.2 Å². The molecule has 0 aliphatic heterocycles. The lowest BCUT2D eigenvalue weighted by Gasteiger charge is -2.36. The maximum Gasteiger partial charge on any atom is 0.192 e. The Morgan fingerprint density at radius 3 is 2.16 bits per heavy atom. The van der Waals surface area contributed by atoms with Gasteiger partial charge < -0.3 is 18.7 Å². The normalized spacial score (nSPS) is 14.1. The quantitative estimate of drug-likeness (QED) is 0.365. The van der Waals surface area contributed by atoms with E-state index in [2.05, 4.69) is 27.7 Å². The molecule has 2 atom stereocenters. The number of hydrogen-bond donors (Lipinski definition) is 0. The molecule has 0 spiro atoms. The molecule has 0 aromatic heterocycles. The number of ether oxygens (including phenoxy) is 2. The van der Waals surface area contributed by atoms with Gasteiger partial charge in [-0.15, -0.1) is 0 Å². The van der Waals surface area contributed by atoms with Crippen LogP contribution in [-0.4, -0.2) is 33.9 Å². The van der Waals surface area contributed by atoms with Gasteiger partial charge in [0.2, 0.25) is 0 Å². The van der Waals surface area contributed by atoms with Crippen LogP contribution < -0.4 is 4.74 Å². The lowest BCUT2D eigenvalue weighted by atomic mass is 10.1. The number of methoxy groups -OCH3 is 1. The van der Waals surface area contributed by atoms with Gasteiger partial charge in [-0.3, -0.25) is 0 Å². The van der Waals surface area contributed by atoms with E-state index >= 15 is 0 Å². The van der Waals surface area contributed by atoms with Crippen molar-refractivity contribution in [3.63, 3.8) is 0 Å². The third-order valence-corrected chi connectivity index (χ3v) is 9.77. The molecular weight excluding hydrogens is 332 g/mol. The third-order valence-electron chi connectivity index (χ3n) is 5.10. The maximum absolute atomic E-state index is 10.8. The standard InChI is InChI=1S/C20H34O4Si/c1-6-25(7-2,8-3)24-20(10-9-15-21)17(4)23-16-18-11-13-19(22-5)14-12-18/h11-15,17,20H,6-10,16H2,1-5H3/t17-,20-/m0/s1. The monoisotopic (exact) mass is 366 g/mol. The highest BCUT2D eigenvalue weighted by atomic mass is 28.4. The number of benzene rings is 1. The van der Waals surface area contributed by atoms with Gasteiger partial charge in [0.15, 0.2) is 8.32 Å². The number of rotatable bonds is 13. The Morgan fingerprint density at radius 1 is 1.08 bits per heavy atom. The van der Waals surface area contributed by atoms with E-state index < -0.39 is 8.32 Å². The highest BCUT2D eigenvalue weighted by Gasteiger charge is 2.34. The molecule has 0 fully saturated rings. The summed E-state index contributed by atoms with van der Waals surface area (Å²) in [4.78, 5) is 10.8. The summed E-state index contributed by atoms with van der Waals surface area (Å²) in [6.07, 6.45) is 2.15. The van der Waals surface area contributed by atoms with E-state index in [-0.39, 0.29) is 12.2 Å². The zero-order valence-electron chi connectivity index (χ0n) is 16.4. The van der Waals surface area contributed by atoms with Gasteiger partial charge in [-0.1, -0.05) is 32.9 Å². The summed E-state index contributed by atoms with van der Waals surface area (Å²) in [5.41, 5.74) is 1.10. The lowest BCUT2D eigenvalue weighted by Crippen LogP contribution is -2.44. The Balaban J connectivity index is 2.70. The molecule has 5 heteroatoms. The minimum atomic E-state index is -1.73. The molecule has 0 unspecified atom stereocenters. The molecule has 4 nitrogen and oxygen atoms in total. The second kappa shape index (κ2) is 11.4. The summed E-state index contributed by atoms with van der Waals surface area (Å²) >= 11 is 0. The minimum Gasteiger partial charge on any atom is -0.497 e. The van der Waals surface area contributed by atoms with Gasteiger partial charge >= 0.3 is 0 Å². The minimum absolute atomic E-state index is 0.0186. The van der Waals surface area contributed by atoms with Crippen molar-refractivity contribution in [1.29, 1.82) is 0 Å². The van der Waals surface area contributed by atoms with E-state index in [4.69, 9.17) is 13.9 Å². The molecule has 0 aliphatic carbocycles. The fourth-order valence-electron chi connectivity index (χ4n) is 3.00. The van der Waals surface area contributed by atoms with Crippen molar-refractivity contribution >= 4 is 14.6 Å². The largest absolute Gasteiger partial charge is 0.497 e. The number of aldehydes is 1. The topological polar surface area (TPSA) is 44.8 Å². The first kappa shape index (κ1) is 21.9. The van der Waals surface area contributed by atoms with E-state index in [1.807, 2.05) is 24.3 Å². The molecule has 0 amide bonds. The average molecular weight is 367 g/mol. The second-order valence-corrected chi connectivity index (χ2v) is 11.2. The highest BCUT2D eigenvalue weighted by molar-refractivity contribution is 6.73. The zero-order valence-corrected chi connectivity index (χ0v) is 17.4. The van der Waals surface area contributed by atoms with Crippen LogP contribution in [0.2, 0.25) is 18.1 Å². The second-order valence-electron chi connectivity index (χ2n) is 6.51. The SMILES string of the molecule is CC[Si](CC)(CC)O[C@@H](CCC=O)[C@H](C)OCc1ccc(OC)cc1. The van der Waals surface area contributed by atoms with Crippen LogP contribution in [-0.2, 0) is 20.6 Å². The summed E-state index contributed by atoms with van der Waals surface area (Å²) in [5, 5.41) is 0. The summed E-state index contributed by atoms with van der Waals surface area (Å²) in [6, 6.07) is 11.2. The first-order chi connectivity index (χ1) is 12.0. The number of carbonyl (C=O) groups is 1. The Labute approximate surface area is 154 Å². The molecule has 0 N–H and O–H groups in total. The zero-order chi connectivity index (χ0) is 18.7. The van der Waals surface area contributed by atoms with Crippen LogP contribution >= 0.6 is 0 Å². The van der Waals surface area contributed by atoms with Gasteiger partial charge in [0.05, 0.1) is 25.9 Å². The fourth-order valence-corrected chi connectivity index (χ4v) is 5.95. The Kier molecular flexibility index (Phi) is 10.0. The Hall–Kier alpha value is -1.17. The van der Waals surface area contributed by atoms with Gasteiger partial charge in [-0.2, -0.15) is 0 Å². The molecular formula is C20H34O4Si.